The SMILES string of the molecule is CNc1nn(C)c2c(-c3cccnc3C(N)Cc3cc(F)cc(F)c3)cccc12. The van der Waals surface area contributed by atoms with E-state index < -0.39 is 17.7 Å². The summed E-state index contributed by atoms with van der Waals surface area (Å²) in [4.78, 5) is 4.50. The van der Waals surface area contributed by atoms with Crippen LogP contribution in [0.4, 0.5) is 14.6 Å². The van der Waals surface area contributed by atoms with Crippen molar-refractivity contribution in [2.45, 2.75) is 12.5 Å². The molecule has 2 heterocycles. The van der Waals surface area contributed by atoms with Gasteiger partial charge >= 0.3 is 0 Å². The number of pyridine rings is 1. The molecule has 0 spiro atoms. The Bertz CT molecular complexity index is 1170. The molecule has 3 N–H and O–H groups in total. The largest absolute Gasteiger partial charge is 0.371 e. The molecule has 7 heteroatoms. The molecule has 0 bridgehead atoms. The minimum Gasteiger partial charge on any atom is -0.371 e. The van der Waals surface area contributed by atoms with Gasteiger partial charge in [0.25, 0.3) is 0 Å². The zero-order chi connectivity index (χ0) is 20.5. The third kappa shape index (κ3) is 3.56. The normalized spacial score (nSPS) is 12.3. The van der Waals surface area contributed by atoms with Crippen molar-refractivity contribution in [3.8, 4) is 11.1 Å². The van der Waals surface area contributed by atoms with Gasteiger partial charge in [-0.1, -0.05) is 18.2 Å². The van der Waals surface area contributed by atoms with E-state index in [1.165, 1.54) is 12.1 Å². The number of hydrogen-bond donors (Lipinski definition) is 2. The highest BCUT2D eigenvalue weighted by Crippen LogP contribution is 2.35. The second-order valence-corrected chi connectivity index (χ2v) is 6.95. The van der Waals surface area contributed by atoms with E-state index in [9.17, 15) is 8.78 Å². The molecule has 0 aliphatic carbocycles. The molecule has 2 aromatic carbocycles. The minimum absolute atomic E-state index is 0.266. The Labute approximate surface area is 167 Å². The molecule has 4 aromatic rings. The summed E-state index contributed by atoms with van der Waals surface area (Å²) in [6, 6.07) is 12.7. The second-order valence-electron chi connectivity index (χ2n) is 6.95. The predicted molar refractivity (Wildman–Crippen MR) is 110 cm³/mol. The highest BCUT2D eigenvalue weighted by molar-refractivity contribution is 6.00. The molecule has 1 atom stereocenters. The van der Waals surface area contributed by atoms with Gasteiger partial charge in [0.2, 0.25) is 0 Å². The van der Waals surface area contributed by atoms with E-state index in [1.807, 2.05) is 49.1 Å². The standard InChI is InChI=1S/C22H21F2N5/c1-26-22-18-6-3-5-17(21(18)29(2)28-22)16-7-4-8-27-20(16)19(25)11-13-9-14(23)12-15(24)10-13/h3-10,12,19H,11,25H2,1-2H3,(H,26,28). The Morgan fingerprint density at radius 3 is 2.52 bits per heavy atom. The quantitative estimate of drug-likeness (QED) is 0.533. The lowest BCUT2D eigenvalue weighted by Crippen LogP contribution is -2.16. The van der Waals surface area contributed by atoms with Crippen LogP contribution < -0.4 is 11.1 Å². The molecule has 29 heavy (non-hydrogen) atoms. The molecule has 0 amide bonds. The predicted octanol–water partition coefficient (Wildman–Crippen LogP) is 4.20. The van der Waals surface area contributed by atoms with Crippen molar-refractivity contribution in [1.82, 2.24) is 14.8 Å². The second kappa shape index (κ2) is 7.60. The first-order valence-corrected chi connectivity index (χ1v) is 9.27. The Morgan fingerprint density at radius 2 is 1.79 bits per heavy atom. The zero-order valence-electron chi connectivity index (χ0n) is 16.2. The average molecular weight is 393 g/mol. The van der Waals surface area contributed by atoms with Crippen molar-refractivity contribution >= 4 is 16.7 Å². The fourth-order valence-electron chi connectivity index (χ4n) is 3.76. The van der Waals surface area contributed by atoms with Gasteiger partial charge in [0.05, 0.1) is 17.3 Å². The number of rotatable bonds is 5. The van der Waals surface area contributed by atoms with E-state index in [2.05, 4.69) is 15.4 Å². The summed E-state index contributed by atoms with van der Waals surface area (Å²) in [5.74, 6) is -0.449. The van der Waals surface area contributed by atoms with Crippen molar-refractivity contribution in [2.75, 3.05) is 12.4 Å². The minimum atomic E-state index is -0.618. The monoisotopic (exact) mass is 393 g/mol. The summed E-state index contributed by atoms with van der Waals surface area (Å²) in [6.45, 7) is 0. The number of aryl methyl sites for hydroxylation is 1. The Hall–Kier alpha value is -3.32. The lowest BCUT2D eigenvalue weighted by Gasteiger charge is -2.17. The van der Waals surface area contributed by atoms with Crippen LogP contribution in [0.5, 0.6) is 0 Å². The van der Waals surface area contributed by atoms with Crippen LogP contribution in [0, 0.1) is 11.6 Å². The number of nitrogens with zero attached hydrogens (tertiary/aromatic N) is 3. The van der Waals surface area contributed by atoms with Crippen LogP contribution in [0.1, 0.15) is 17.3 Å². The van der Waals surface area contributed by atoms with Gasteiger partial charge in [-0.25, -0.2) is 8.78 Å². The molecule has 0 aliphatic rings. The van der Waals surface area contributed by atoms with Crippen LogP contribution in [-0.2, 0) is 13.5 Å². The highest BCUT2D eigenvalue weighted by atomic mass is 19.1. The molecule has 0 saturated carbocycles. The van der Waals surface area contributed by atoms with Crippen LogP contribution in [0.25, 0.3) is 22.0 Å². The summed E-state index contributed by atoms with van der Waals surface area (Å²) in [5, 5.41) is 8.62. The summed E-state index contributed by atoms with van der Waals surface area (Å²) in [6.07, 6.45) is 1.94. The summed E-state index contributed by atoms with van der Waals surface area (Å²) in [7, 11) is 3.72. The van der Waals surface area contributed by atoms with Crippen LogP contribution in [0.2, 0.25) is 0 Å². The van der Waals surface area contributed by atoms with Gasteiger partial charge in [-0.05, 0) is 36.2 Å². The number of hydrogen-bond acceptors (Lipinski definition) is 4. The molecule has 1 unspecified atom stereocenters. The number of para-hydroxylation sites is 1. The molecule has 0 radical (unpaired) electrons. The molecule has 0 fully saturated rings. The third-order valence-corrected chi connectivity index (χ3v) is 4.96. The molecular formula is C22H21F2N5. The van der Waals surface area contributed by atoms with Gasteiger partial charge < -0.3 is 11.1 Å². The van der Waals surface area contributed by atoms with Crippen molar-refractivity contribution in [3.63, 3.8) is 0 Å². The van der Waals surface area contributed by atoms with Gasteiger partial charge in [-0.15, -0.1) is 0 Å². The Balaban J connectivity index is 1.80. The van der Waals surface area contributed by atoms with Gasteiger partial charge in [0.1, 0.15) is 11.6 Å². The summed E-state index contributed by atoms with van der Waals surface area (Å²) >= 11 is 0. The van der Waals surface area contributed by atoms with Gasteiger partial charge in [-0.2, -0.15) is 5.10 Å². The van der Waals surface area contributed by atoms with Crippen molar-refractivity contribution in [1.29, 1.82) is 0 Å². The summed E-state index contributed by atoms with van der Waals surface area (Å²) in [5.41, 5.74) is 10.4. The number of halogens is 2. The molecule has 0 aliphatic heterocycles. The van der Waals surface area contributed by atoms with Crippen molar-refractivity contribution < 1.29 is 8.78 Å². The Kier molecular flexibility index (Phi) is 4.98. The first-order valence-electron chi connectivity index (χ1n) is 9.27. The van der Waals surface area contributed by atoms with Gasteiger partial charge in [-0.3, -0.25) is 9.67 Å². The van der Waals surface area contributed by atoms with E-state index in [0.717, 1.165) is 33.9 Å². The van der Waals surface area contributed by atoms with E-state index in [4.69, 9.17) is 5.73 Å². The number of anilines is 1. The van der Waals surface area contributed by atoms with E-state index in [0.29, 0.717) is 11.3 Å². The van der Waals surface area contributed by atoms with Crippen LogP contribution in [-0.4, -0.2) is 21.8 Å². The van der Waals surface area contributed by atoms with Crippen LogP contribution in [0.3, 0.4) is 0 Å². The van der Waals surface area contributed by atoms with Crippen molar-refractivity contribution in [3.05, 3.63) is 77.6 Å². The van der Waals surface area contributed by atoms with E-state index >= 15 is 0 Å². The number of nitrogens with one attached hydrogen (secondary N) is 1. The third-order valence-electron chi connectivity index (χ3n) is 4.96. The zero-order valence-corrected chi connectivity index (χ0v) is 16.2. The van der Waals surface area contributed by atoms with Crippen LogP contribution >= 0.6 is 0 Å². The maximum Gasteiger partial charge on any atom is 0.155 e. The fourth-order valence-corrected chi connectivity index (χ4v) is 3.76. The maximum atomic E-state index is 13.6. The Morgan fingerprint density at radius 1 is 1.07 bits per heavy atom. The lowest BCUT2D eigenvalue weighted by molar-refractivity contribution is 0.576. The molecule has 2 aromatic heterocycles. The summed E-state index contributed by atoms with van der Waals surface area (Å²) < 4.78 is 29.0. The van der Waals surface area contributed by atoms with Gasteiger partial charge in [0, 0.05) is 42.9 Å². The average Bonchev–Trinajstić information content (AvgIpc) is 3.03. The number of benzene rings is 2. The first-order chi connectivity index (χ1) is 14.0. The van der Waals surface area contributed by atoms with Crippen LogP contribution in [0.15, 0.2) is 54.7 Å². The molecule has 0 saturated heterocycles. The first kappa shape index (κ1) is 19.0. The number of fused-ring (bicyclic) bond motifs is 1. The number of nitrogens with two attached hydrogens (primary N) is 1. The fraction of sp³-hybridized carbons (Fsp3) is 0.182. The van der Waals surface area contributed by atoms with E-state index in [-0.39, 0.29) is 6.42 Å². The van der Waals surface area contributed by atoms with Gasteiger partial charge in [0.15, 0.2) is 5.82 Å². The smallest absolute Gasteiger partial charge is 0.155 e. The molecular weight excluding hydrogens is 372 g/mol. The topological polar surface area (TPSA) is 68.8 Å². The highest BCUT2D eigenvalue weighted by Gasteiger charge is 2.19. The molecule has 5 nitrogen and oxygen atoms in total. The maximum absolute atomic E-state index is 13.6. The molecule has 4 rings (SSSR count). The molecule has 148 valence electrons. The lowest BCUT2D eigenvalue weighted by atomic mass is 9.95. The van der Waals surface area contributed by atoms with E-state index in [1.54, 1.807) is 6.20 Å². The van der Waals surface area contributed by atoms with Crippen molar-refractivity contribution in [2.24, 2.45) is 12.8 Å². The number of aromatic nitrogens is 3.